The third-order valence-corrected chi connectivity index (χ3v) is 3.30. The summed E-state index contributed by atoms with van der Waals surface area (Å²) in [4.78, 5) is 11.8. The van der Waals surface area contributed by atoms with E-state index in [1.54, 1.807) is 40.6 Å². The number of carbonyl (C=O) groups excluding carboxylic acids is 1. The van der Waals surface area contributed by atoms with Gasteiger partial charge in [-0.1, -0.05) is 23.4 Å². The second kappa shape index (κ2) is 5.84. The Labute approximate surface area is 114 Å². The van der Waals surface area contributed by atoms with Crippen molar-refractivity contribution < 1.29 is 4.79 Å². The largest absolute Gasteiger partial charge is 0.312 e. The molecule has 0 unspecified atom stereocenters. The van der Waals surface area contributed by atoms with Crippen LogP contribution in [0.15, 0.2) is 47.2 Å². The SMILES string of the molecule is Cn1cnnc1S/C=C\C(=O)c1ccc(Cl)cc1. The number of rotatable bonds is 4. The fourth-order valence-corrected chi connectivity index (χ4v) is 1.99. The average Bonchev–Trinajstić information content (AvgIpc) is 2.76. The van der Waals surface area contributed by atoms with Gasteiger partial charge in [-0.15, -0.1) is 10.2 Å². The molecule has 0 spiro atoms. The lowest BCUT2D eigenvalue weighted by molar-refractivity contribution is 0.104. The fourth-order valence-electron chi connectivity index (χ4n) is 1.25. The third-order valence-electron chi connectivity index (χ3n) is 2.19. The van der Waals surface area contributed by atoms with Crippen LogP contribution in [0.2, 0.25) is 5.02 Å². The van der Waals surface area contributed by atoms with Crippen LogP contribution in [0, 0.1) is 0 Å². The molecule has 1 aromatic heterocycles. The summed E-state index contributed by atoms with van der Waals surface area (Å²) in [5.74, 6) is -0.0682. The van der Waals surface area contributed by atoms with Gasteiger partial charge in [0.25, 0.3) is 0 Å². The molecule has 0 aliphatic carbocycles. The molecule has 4 nitrogen and oxygen atoms in total. The molecule has 0 radical (unpaired) electrons. The molecule has 0 bridgehead atoms. The van der Waals surface area contributed by atoms with Crippen LogP contribution in [-0.2, 0) is 7.05 Å². The zero-order valence-corrected chi connectivity index (χ0v) is 11.1. The minimum absolute atomic E-state index is 0.0682. The van der Waals surface area contributed by atoms with Gasteiger partial charge in [0.15, 0.2) is 10.9 Å². The summed E-state index contributed by atoms with van der Waals surface area (Å²) in [6.45, 7) is 0. The van der Waals surface area contributed by atoms with E-state index in [9.17, 15) is 4.79 Å². The zero-order valence-electron chi connectivity index (χ0n) is 9.58. The van der Waals surface area contributed by atoms with Crippen molar-refractivity contribution in [1.82, 2.24) is 14.8 Å². The molecule has 0 saturated heterocycles. The maximum atomic E-state index is 11.8. The Morgan fingerprint density at radius 1 is 1.39 bits per heavy atom. The fraction of sp³-hybridized carbons (Fsp3) is 0.0833. The van der Waals surface area contributed by atoms with Crippen molar-refractivity contribution in [3.63, 3.8) is 0 Å². The smallest absolute Gasteiger partial charge is 0.194 e. The normalized spacial score (nSPS) is 11.0. The summed E-state index contributed by atoms with van der Waals surface area (Å²) in [6.07, 6.45) is 3.11. The molecule has 0 N–H and O–H groups in total. The van der Waals surface area contributed by atoms with Crippen LogP contribution >= 0.6 is 23.4 Å². The Kier molecular flexibility index (Phi) is 4.17. The van der Waals surface area contributed by atoms with Crippen LogP contribution in [0.25, 0.3) is 0 Å². The number of allylic oxidation sites excluding steroid dienone is 1. The summed E-state index contributed by atoms with van der Waals surface area (Å²) in [6, 6.07) is 6.78. The quantitative estimate of drug-likeness (QED) is 0.490. The van der Waals surface area contributed by atoms with Gasteiger partial charge < -0.3 is 4.57 Å². The maximum Gasteiger partial charge on any atom is 0.194 e. The second-order valence-corrected chi connectivity index (χ2v) is 4.83. The lowest BCUT2D eigenvalue weighted by atomic mass is 10.1. The van der Waals surface area contributed by atoms with Crippen molar-refractivity contribution in [3.8, 4) is 0 Å². The highest BCUT2D eigenvalue weighted by Crippen LogP contribution is 2.16. The Balaban J connectivity index is 1.99. The van der Waals surface area contributed by atoms with E-state index in [0.29, 0.717) is 10.6 Å². The Hall–Kier alpha value is -1.59. The second-order valence-electron chi connectivity index (χ2n) is 3.52. The first kappa shape index (κ1) is 12.9. The van der Waals surface area contributed by atoms with Gasteiger partial charge in [-0.25, -0.2) is 0 Å². The molecule has 0 amide bonds. The van der Waals surface area contributed by atoms with E-state index in [-0.39, 0.29) is 5.78 Å². The molecule has 1 heterocycles. The molecule has 0 atom stereocenters. The number of aryl methyl sites for hydroxylation is 1. The number of ketones is 1. The van der Waals surface area contributed by atoms with E-state index in [2.05, 4.69) is 10.2 Å². The minimum atomic E-state index is -0.0682. The first-order valence-corrected chi connectivity index (χ1v) is 6.39. The Morgan fingerprint density at radius 3 is 2.72 bits per heavy atom. The molecule has 1 aromatic carbocycles. The van der Waals surface area contributed by atoms with Crippen LogP contribution in [0.5, 0.6) is 0 Å². The number of nitrogens with zero attached hydrogens (tertiary/aromatic N) is 3. The summed E-state index contributed by atoms with van der Waals surface area (Å²) in [5.41, 5.74) is 0.606. The molecule has 2 rings (SSSR count). The lowest BCUT2D eigenvalue weighted by Crippen LogP contribution is -1.93. The monoisotopic (exact) mass is 279 g/mol. The van der Waals surface area contributed by atoms with Crippen LogP contribution < -0.4 is 0 Å². The van der Waals surface area contributed by atoms with Gasteiger partial charge in [-0.3, -0.25) is 4.79 Å². The van der Waals surface area contributed by atoms with Crippen LogP contribution in [0.4, 0.5) is 0 Å². The van der Waals surface area contributed by atoms with Crippen molar-refractivity contribution in [2.45, 2.75) is 5.16 Å². The summed E-state index contributed by atoms with van der Waals surface area (Å²) in [5, 5.41) is 10.7. The number of hydrogen-bond donors (Lipinski definition) is 0. The number of benzene rings is 1. The van der Waals surface area contributed by atoms with Crippen LogP contribution in [0.1, 0.15) is 10.4 Å². The molecule has 92 valence electrons. The topological polar surface area (TPSA) is 47.8 Å². The molecule has 0 aliphatic rings. The molecule has 0 fully saturated rings. The first-order valence-electron chi connectivity index (χ1n) is 5.14. The van der Waals surface area contributed by atoms with Gasteiger partial charge >= 0.3 is 0 Å². The highest BCUT2D eigenvalue weighted by atomic mass is 35.5. The van der Waals surface area contributed by atoms with Crippen molar-refractivity contribution in [2.24, 2.45) is 7.05 Å². The van der Waals surface area contributed by atoms with E-state index in [1.165, 1.54) is 17.8 Å². The highest BCUT2D eigenvalue weighted by molar-refractivity contribution is 8.02. The minimum Gasteiger partial charge on any atom is -0.312 e. The first-order chi connectivity index (χ1) is 8.66. The van der Waals surface area contributed by atoms with Crippen molar-refractivity contribution in [1.29, 1.82) is 0 Å². The van der Waals surface area contributed by atoms with Crippen LogP contribution in [-0.4, -0.2) is 20.5 Å². The van der Waals surface area contributed by atoms with Gasteiger partial charge in [-0.05, 0) is 35.7 Å². The van der Waals surface area contributed by atoms with E-state index < -0.39 is 0 Å². The number of thioether (sulfide) groups is 1. The summed E-state index contributed by atoms with van der Waals surface area (Å²) in [7, 11) is 1.84. The number of aromatic nitrogens is 3. The molecule has 0 saturated carbocycles. The lowest BCUT2D eigenvalue weighted by Gasteiger charge is -1.96. The van der Waals surface area contributed by atoms with Gasteiger partial charge in [0.2, 0.25) is 0 Å². The maximum absolute atomic E-state index is 11.8. The predicted molar refractivity (Wildman–Crippen MR) is 71.8 cm³/mol. The standard InChI is InChI=1S/C12H10ClN3OS/c1-16-8-14-15-12(16)18-7-6-11(17)9-2-4-10(13)5-3-9/h2-8H,1H3/b7-6-. The van der Waals surface area contributed by atoms with E-state index in [0.717, 1.165) is 5.16 Å². The molecule has 18 heavy (non-hydrogen) atoms. The number of halogens is 1. The van der Waals surface area contributed by atoms with Gasteiger partial charge in [0.1, 0.15) is 6.33 Å². The molecular weight excluding hydrogens is 270 g/mol. The average molecular weight is 280 g/mol. The van der Waals surface area contributed by atoms with Gasteiger partial charge in [-0.2, -0.15) is 0 Å². The van der Waals surface area contributed by atoms with Crippen molar-refractivity contribution in [3.05, 3.63) is 52.7 Å². The van der Waals surface area contributed by atoms with E-state index in [1.807, 2.05) is 7.05 Å². The van der Waals surface area contributed by atoms with Gasteiger partial charge in [0.05, 0.1) is 0 Å². The summed E-state index contributed by atoms with van der Waals surface area (Å²) < 4.78 is 1.78. The third kappa shape index (κ3) is 3.21. The zero-order chi connectivity index (χ0) is 13.0. The molecule has 2 aromatic rings. The van der Waals surface area contributed by atoms with E-state index in [4.69, 9.17) is 11.6 Å². The van der Waals surface area contributed by atoms with Crippen molar-refractivity contribution in [2.75, 3.05) is 0 Å². The van der Waals surface area contributed by atoms with Crippen molar-refractivity contribution >= 4 is 29.1 Å². The molecule has 0 aliphatic heterocycles. The predicted octanol–water partition coefficient (Wildman–Crippen LogP) is 2.96. The Bertz CT molecular complexity index is 577. The molecular formula is C12H10ClN3OS. The van der Waals surface area contributed by atoms with Gasteiger partial charge in [0, 0.05) is 17.6 Å². The number of carbonyl (C=O) groups is 1. The molecule has 6 heteroatoms. The Morgan fingerprint density at radius 2 is 2.11 bits per heavy atom. The summed E-state index contributed by atoms with van der Waals surface area (Å²) >= 11 is 7.10. The van der Waals surface area contributed by atoms with Crippen LogP contribution in [0.3, 0.4) is 0 Å². The highest BCUT2D eigenvalue weighted by Gasteiger charge is 2.02. The van der Waals surface area contributed by atoms with E-state index >= 15 is 0 Å². The number of hydrogen-bond acceptors (Lipinski definition) is 4.